The van der Waals surface area contributed by atoms with Crippen molar-refractivity contribution >= 4 is 11.6 Å². The third-order valence-electron chi connectivity index (χ3n) is 3.70. The lowest BCUT2D eigenvalue weighted by Gasteiger charge is -2.26. The molecule has 1 N–H and O–H groups in total. The van der Waals surface area contributed by atoms with E-state index in [1.807, 2.05) is 12.1 Å². The summed E-state index contributed by atoms with van der Waals surface area (Å²) in [5, 5.41) is 13.7. The number of para-hydroxylation sites is 2. The van der Waals surface area contributed by atoms with Crippen molar-refractivity contribution in [2.75, 3.05) is 20.3 Å². The van der Waals surface area contributed by atoms with E-state index in [4.69, 9.17) is 14.2 Å². The van der Waals surface area contributed by atoms with Crippen molar-refractivity contribution in [2.24, 2.45) is 0 Å². The molecule has 2 aromatic rings. The summed E-state index contributed by atoms with van der Waals surface area (Å²) >= 11 is 0. The van der Waals surface area contributed by atoms with Crippen molar-refractivity contribution in [3.05, 3.63) is 58.1 Å². The number of nitrogens with zero attached hydrogens (tertiary/aromatic N) is 1. The molecular weight excluding hydrogens is 328 g/mol. The zero-order valence-electron chi connectivity index (χ0n) is 13.4. The van der Waals surface area contributed by atoms with Crippen LogP contribution in [-0.4, -0.2) is 37.2 Å². The fourth-order valence-electron chi connectivity index (χ4n) is 2.45. The fourth-order valence-corrected chi connectivity index (χ4v) is 2.45. The van der Waals surface area contributed by atoms with Gasteiger partial charge >= 0.3 is 5.69 Å². The normalized spacial score (nSPS) is 15.3. The molecule has 130 valence electrons. The summed E-state index contributed by atoms with van der Waals surface area (Å²) in [7, 11) is 1.33. The zero-order valence-corrected chi connectivity index (χ0v) is 13.4. The molecule has 0 saturated carbocycles. The lowest BCUT2D eigenvalue weighted by atomic mass is 10.1. The molecule has 1 atom stereocenters. The van der Waals surface area contributed by atoms with Crippen molar-refractivity contribution in [3.8, 4) is 17.2 Å². The molecule has 1 amide bonds. The number of rotatable bonds is 5. The van der Waals surface area contributed by atoms with E-state index in [1.54, 1.807) is 12.1 Å². The van der Waals surface area contributed by atoms with Gasteiger partial charge in [-0.05, 0) is 24.3 Å². The molecular formula is C17H16N2O6. The number of amides is 1. The molecule has 0 aromatic heterocycles. The molecule has 2 aromatic carbocycles. The first-order chi connectivity index (χ1) is 12.1. The quantitative estimate of drug-likeness (QED) is 0.659. The van der Waals surface area contributed by atoms with Gasteiger partial charge in [-0.15, -0.1) is 0 Å². The van der Waals surface area contributed by atoms with Gasteiger partial charge in [0, 0.05) is 11.6 Å². The predicted molar refractivity (Wildman–Crippen MR) is 88.3 cm³/mol. The summed E-state index contributed by atoms with van der Waals surface area (Å²) in [5.41, 5.74) is -0.0917. The molecule has 1 heterocycles. The highest BCUT2D eigenvalue weighted by Gasteiger charge is 2.22. The third kappa shape index (κ3) is 3.63. The standard InChI is InChI=1S/C17H16N2O6/c1-23-14-7-6-11(8-13(14)19(21)22)17(20)18-9-12-10-24-15-4-2-3-5-16(15)25-12/h2-8,12H,9-10H2,1H3,(H,18,20)/t12-/m0/s1. The van der Waals surface area contributed by atoms with Crippen LogP contribution >= 0.6 is 0 Å². The SMILES string of the molecule is COc1ccc(C(=O)NC[C@H]2COc3ccccc3O2)cc1[N+](=O)[O-]. The number of nitro groups is 1. The molecule has 3 rings (SSSR count). The Bertz CT molecular complexity index is 807. The third-order valence-corrected chi connectivity index (χ3v) is 3.70. The Morgan fingerprint density at radius 1 is 1.32 bits per heavy atom. The highest BCUT2D eigenvalue weighted by molar-refractivity contribution is 5.95. The first-order valence-corrected chi connectivity index (χ1v) is 7.57. The van der Waals surface area contributed by atoms with Crippen LogP contribution in [0, 0.1) is 10.1 Å². The van der Waals surface area contributed by atoms with Crippen LogP contribution in [0.3, 0.4) is 0 Å². The van der Waals surface area contributed by atoms with Crippen LogP contribution in [0.25, 0.3) is 0 Å². The average Bonchev–Trinajstić information content (AvgIpc) is 2.65. The highest BCUT2D eigenvalue weighted by atomic mass is 16.6. The first kappa shape index (κ1) is 16.6. The monoisotopic (exact) mass is 344 g/mol. The van der Waals surface area contributed by atoms with Crippen LogP contribution < -0.4 is 19.5 Å². The van der Waals surface area contributed by atoms with Crippen LogP contribution in [0.2, 0.25) is 0 Å². The van der Waals surface area contributed by atoms with E-state index in [2.05, 4.69) is 5.32 Å². The van der Waals surface area contributed by atoms with E-state index in [1.165, 1.54) is 25.3 Å². The average molecular weight is 344 g/mol. The summed E-state index contributed by atoms with van der Waals surface area (Å²) in [4.78, 5) is 22.7. The topological polar surface area (TPSA) is 99.9 Å². The van der Waals surface area contributed by atoms with Crippen LogP contribution in [0.5, 0.6) is 17.2 Å². The molecule has 0 fully saturated rings. The minimum Gasteiger partial charge on any atom is -0.490 e. The van der Waals surface area contributed by atoms with Crippen LogP contribution in [0.1, 0.15) is 10.4 Å². The van der Waals surface area contributed by atoms with Crippen molar-refractivity contribution in [1.82, 2.24) is 5.32 Å². The van der Waals surface area contributed by atoms with Gasteiger partial charge in [-0.2, -0.15) is 0 Å². The molecule has 8 nitrogen and oxygen atoms in total. The Morgan fingerprint density at radius 3 is 2.80 bits per heavy atom. The lowest BCUT2D eigenvalue weighted by Crippen LogP contribution is -2.40. The van der Waals surface area contributed by atoms with Crippen molar-refractivity contribution in [3.63, 3.8) is 0 Å². The van der Waals surface area contributed by atoms with Crippen molar-refractivity contribution in [2.45, 2.75) is 6.10 Å². The molecule has 25 heavy (non-hydrogen) atoms. The van der Waals surface area contributed by atoms with Gasteiger partial charge in [0.15, 0.2) is 17.2 Å². The maximum Gasteiger partial charge on any atom is 0.311 e. The largest absolute Gasteiger partial charge is 0.490 e. The summed E-state index contributed by atoms with van der Waals surface area (Å²) in [6.45, 7) is 0.521. The van der Waals surface area contributed by atoms with Crippen LogP contribution in [0.15, 0.2) is 42.5 Å². The fraction of sp³-hybridized carbons (Fsp3) is 0.235. The van der Waals surface area contributed by atoms with Gasteiger partial charge in [-0.25, -0.2) is 0 Å². The van der Waals surface area contributed by atoms with Crippen molar-refractivity contribution < 1.29 is 23.9 Å². The lowest BCUT2D eigenvalue weighted by molar-refractivity contribution is -0.385. The van der Waals surface area contributed by atoms with Gasteiger partial charge < -0.3 is 19.5 Å². The second-order valence-electron chi connectivity index (χ2n) is 5.35. The van der Waals surface area contributed by atoms with Gasteiger partial charge in [0.1, 0.15) is 12.7 Å². The Balaban J connectivity index is 1.64. The molecule has 0 aliphatic carbocycles. The Kier molecular flexibility index (Phi) is 4.69. The number of ether oxygens (including phenoxy) is 3. The number of carbonyl (C=O) groups excluding carboxylic acids is 1. The van der Waals surface area contributed by atoms with E-state index < -0.39 is 10.8 Å². The molecule has 0 bridgehead atoms. The number of hydrogen-bond acceptors (Lipinski definition) is 6. The number of benzene rings is 2. The first-order valence-electron chi connectivity index (χ1n) is 7.57. The second kappa shape index (κ2) is 7.08. The van der Waals surface area contributed by atoms with Gasteiger partial charge in [-0.1, -0.05) is 12.1 Å². The van der Waals surface area contributed by atoms with Crippen LogP contribution in [0.4, 0.5) is 5.69 Å². The van der Waals surface area contributed by atoms with E-state index >= 15 is 0 Å². The Labute approximate surface area is 143 Å². The smallest absolute Gasteiger partial charge is 0.311 e. The molecule has 0 saturated heterocycles. The molecule has 0 unspecified atom stereocenters. The van der Waals surface area contributed by atoms with Gasteiger partial charge in [0.2, 0.25) is 0 Å². The number of nitrogens with one attached hydrogen (secondary N) is 1. The second-order valence-corrected chi connectivity index (χ2v) is 5.35. The maximum atomic E-state index is 12.2. The van der Waals surface area contributed by atoms with Gasteiger partial charge in [-0.3, -0.25) is 14.9 Å². The summed E-state index contributed by atoms with van der Waals surface area (Å²) in [6.07, 6.45) is -0.341. The zero-order chi connectivity index (χ0) is 17.8. The van der Waals surface area contributed by atoms with E-state index in [-0.39, 0.29) is 29.6 Å². The van der Waals surface area contributed by atoms with Gasteiger partial charge in [0.05, 0.1) is 18.6 Å². The van der Waals surface area contributed by atoms with Crippen LogP contribution in [-0.2, 0) is 0 Å². The number of nitro benzene ring substituents is 1. The maximum absolute atomic E-state index is 12.2. The van der Waals surface area contributed by atoms with E-state index in [0.717, 1.165) is 0 Å². The number of hydrogen-bond donors (Lipinski definition) is 1. The minimum absolute atomic E-state index is 0.0992. The Hall–Kier alpha value is -3.29. The van der Waals surface area contributed by atoms with Gasteiger partial charge in [0.25, 0.3) is 5.91 Å². The van der Waals surface area contributed by atoms with Crippen molar-refractivity contribution in [1.29, 1.82) is 0 Å². The number of fused-ring (bicyclic) bond motifs is 1. The Morgan fingerprint density at radius 2 is 2.08 bits per heavy atom. The molecule has 8 heteroatoms. The molecule has 1 aliphatic heterocycles. The van der Waals surface area contributed by atoms with E-state index in [0.29, 0.717) is 18.1 Å². The minimum atomic E-state index is -0.593. The number of carbonyl (C=O) groups is 1. The summed E-state index contributed by atoms with van der Waals surface area (Å²) in [6, 6.07) is 11.3. The highest BCUT2D eigenvalue weighted by Crippen LogP contribution is 2.31. The number of methoxy groups -OCH3 is 1. The molecule has 0 radical (unpaired) electrons. The molecule has 1 aliphatic rings. The van der Waals surface area contributed by atoms with E-state index in [9.17, 15) is 14.9 Å². The predicted octanol–water partition coefficient (Wildman–Crippen LogP) is 2.17. The summed E-state index contributed by atoms with van der Waals surface area (Å²) < 4.78 is 16.2. The molecule has 0 spiro atoms. The summed E-state index contributed by atoms with van der Waals surface area (Å²) in [5.74, 6) is 0.944.